The van der Waals surface area contributed by atoms with Crippen molar-refractivity contribution >= 4 is 11.8 Å². The lowest BCUT2D eigenvalue weighted by Crippen LogP contribution is -2.21. The summed E-state index contributed by atoms with van der Waals surface area (Å²) >= 11 is 1.43. The van der Waals surface area contributed by atoms with Crippen molar-refractivity contribution in [2.24, 2.45) is 5.92 Å². The van der Waals surface area contributed by atoms with Gasteiger partial charge in [-0.1, -0.05) is 13.8 Å². The Morgan fingerprint density at radius 3 is 2.75 bits per heavy atom. The van der Waals surface area contributed by atoms with Gasteiger partial charge in [0.2, 0.25) is 0 Å². The second-order valence-corrected chi connectivity index (χ2v) is 4.86. The fourth-order valence-electron chi connectivity index (χ4n) is 1.27. The van der Waals surface area contributed by atoms with Crippen molar-refractivity contribution in [3.63, 3.8) is 0 Å². The predicted molar refractivity (Wildman–Crippen MR) is 64.8 cm³/mol. The second kappa shape index (κ2) is 6.86. The average molecular weight is 245 g/mol. The van der Waals surface area contributed by atoms with Gasteiger partial charge >= 0.3 is 0 Å². The Kier molecular flexibility index (Phi) is 5.77. The van der Waals surface area contributed by atoms with Crippen LogP contribution >= 0.6 is 11.8 Å². The van der Waals surface area contributed by atoms with E-state index in [1.165, 1.54) is 23.9 Å². The normalized spacial score (nSPS) is 12.8. The van der Waals surface area contributed by atoms with Gasteiger partial charge in [0.15, 0.2) is 0 Å². The van der Waals surface area contributed by atoms with Crippen LogP contribution in [-0.2, 0) is 0 Å². The number of benzene rings is 1. The van der Waals surface area contributed by atoms with E-state index in [-0.39, 0.29) is 0 Å². The number of hydrogen-bond donors (Lipinski definition) is 1. The summed E-state index contributed by atoms with van der Waals surface area (Å²) in [5.41, 5.74) is 0. The van der Waals surface area contributed by atoms with Crippen molar-refractivity contribution in [1.82, 2.24) is 5.32 Å². The topological polar surface area (TPSA) is 12.0 Å². The van der Waals surface area contributed by atoms with E-state index in [1.54, 1.807) is 0 Å². The SMILES string of the molecule is CCNCC(C)CSc1ccc(F)cc1F. The molecule has 0 aliphatic heterocycles. The molecule has 1 aromatic rings. The number of hydrogen-bond acceptors (Lipinski definition) is 2. The number of thioether (sulfide) groups is 1. The summed E-state index contributed by atoms with van der Waals surface area (Å²) in [4.78, 5) is 0.518. The van der Waals surface area contributed by atoms with Crippen LogP contribution in [0.5, 0.6) is 0 Å². The average Bonchev–Trinajstić information content (AvgIpc) is 2.25. The molecule has 1 N–H and O–H groups in total. The van der Waals surface area contributed by atoms with Gasteiger partial charge in [0, 0.05) is 16.7 Å². The quantitative estimate of drug-likeness (QED) is 0.772. The molecule has 0 fully saturated rings. The summed E-state index contributed by atoms with van der Waals surface area (Å²) in [6.07, 6.45) is 0. The monoisotopic (exact) mass is 245 g/mol. The van der Waals surface area contributed by atoms with Crippen LogP contribution < -0.4 is 5.32 Å². The smallest absolute Gasteiger partial charge is 0.139 e. The van der Waals surface area contributed by atoms with Crippen LogP contribution in [-0.4, -0.2) is 18.8 Å². The first-order valence-electron chi connectivity index (χ1n) is 5.42. The lowest BCUT2D eigenvalue weighted by atomic mass is 10.2. The summed E-state index contributed by atoms with van der Waals surface area (Å²) in [5.74, 6) is 0.299. The third-order valence-electron chi connectivity index (χ3n) is 2.16. The molecule has 0 aliphatic rings. The van der Waals surface area contributed by atoms with Gasteiger partial charge in [0.05, 0.1) is 0 Å². The molecule has 16 heavy (non-hydrogen) atoms. The molecule has 4 heteroatoms. The first-order chi connectivity index (χ1) is 7.63. The summed E-state index contributed by atoms with van der Waals surface area (Å²) < 4.78 is 25.9. The molecule has 0 heterocycles. The molecule has 0 aromatic heterocycles. The van der Waals surface area contributed by atoms with Gasteiger partial charge < -0.3 is 5.32 Å². The highest BCUT2D eigenvalue weighted by atomic mass is 32.2. The molecule has 1 aromatic carbocycles. The predicted octanol–water partition coefficient (Wildman–Crippen LogP) is 3.30. The minimum Gasteiger partial charge on any atom is -0.317 e. The largest absolute Gasteiger partial charge is 0.317 e. The molecule has 0 aliphatic carbocycles. The van der Waals surface area contributed by atoms with E-state index in [1.807, 2.05) is 0 Å². The van der Waals surface area contributed by atoms with E-state index >= 15 is 0 Å². The van der Waals surface area contributed by atoms with E-state index < -0.39 is 11.6 Å². The Morgan fingerprint density at radius 2 is 2.12 bits per heavy atom. The van der Waals surface area contributed by atoms with Crippen LogP contribution in [0.3, 0.4) is 0 Å². The minimum absolute atomic E-state index is 0.467. The fourth-order valence-corrected chi connectivity index (χ4v) is 2.22. The van der Waals surface area contributed by atoms with E-state index in [4.69, 9.17) is 0 Å². The molecule has 0 amide bonds. The van der Waals surface area contributed by atoms with Gasteiger partial charge in [0.1, 0.15) is 11.6 Å². The molecule has 0 saturated carbocycles. The molecule has 1 unspecified atom stereocenters. The highest BCUT2D eigenvalue weighted by molar-refractivity contribution is 7.99. The van der Waals surface area contributed by atoms with Gasteiger partial charge in [-0.15, -0.1) is 11.8 Å². The van der Waals surface area contributed by atoms with Crippen LogP contribution in [0.2, 0.25) is 0 Å². The Morgan fingerprint density at radius 1 is 1.38 bits per heavy atom. The van der Waals surface area contributed by atoms with Gasteiger partial charge in [0.25, 0.3) is 0 Å². The van der Waals surface area contributed by atoms with Crippen molar-refractivity contribution < 1.29 is 8.78 Å². The molecular formula is C12H17F2NS. The Balaban J connectivity index is 2.42. The molecule has 0 spiro atoms. The lowest BCUT2D eigenvalue weighted by molar-refractivity contribution is 0.562. The zero-order chi connectivity index (χ0) is 12.0. The van der Waals surface area contributed by atoms with Crippen LogP contribution in [0, 0.1) is 17.6 Å². The van der Waals surface area contributed by atoms with Crippen molar-refractivity contribution in [3.8, 4) is 0 Å². The summed E-state index contributed by atoms with van der Waals surface area (Å²) in [5, 5.41) is 3.24. The van der Waals surface area contributed by atoms with Gasteiger partial charge in [-0.2, -0.15) is 0 Å². The second-order valence-electron chi connectivity index (χ2n) is 3.80. The highest BCUT2D eigenvalue weighted by Gasteiger charge is 2.07. The van der Waals surface area contributed by atoms with Crippen LogP contribution in [0.4, 0.5) is 8.78 Å². The van der Waals surface area contributed by atoms with Crippen molar-refractivity contribution in [2.75, 3.05) is 18.8 Å². The van der Waals surface area contributed by atoms with Crippen LogP contribution in [0.25, 0.3) is 0 Å². The third kappa shape index (κ3) is 4.49. The van der Waals surface area contributed by atoms with Crippen molar-refractivity contribution in [2.45, 2.75) is 18.7 Å². The van der Waals surface area contributed by atoms with Crippen molar-refractivity contribution in [1.29, 1.82) is 0 Å². The van der Waals surface area contributed by atoms with Crippen molar-refractivity contribution in [3.05, 3.63) is 29.8 Å². The first-order valence-corrected chi connectivity index (χ1v) is 6.40. The molecule has 0 radical (unpaired) electrons. The molecular weight excluding hydrogens is 228 g/mol. The molecule has 1 atom stereocenters. The Hall–Kier alpha value is -0.610. The number of nitrogens with one attached hydrogen (secondary N) is 1. The molecule has 1 nitrogen and oxygen atoms in total. The summed E-state index contributed by atoms with van der Waals surface area (Å²) in [7, 11) is 0. The lowest BCUT2D eigenvalue weighted by Gasteiger charge is -2.11. The maximum Gasteiger partial charge on any atom is 0.139 e. The molecule has 0 bridgehead atoms. The highest BCUT2D eigenvalue weighted by Crippen LogP contribution is 2.24. The van der Waals surface area contributed by atoms with Gasteiger partial charge in [-0.05, 0) is 31.1 Å². The zero-order valence-electron chi connectivity index (χ0n) is 9.59. The van der Waals surface area contributed by atoms with E-state index in [0.717, 1.165) is 24.9 Å². The molecule has 1 rings (SSSR count). The standard InChI is InChI=1S/C12H17F2NS/c1-3-15-7-9(2)8-16-12-5-4-10(13)6-11(12)14/h4-6,9,15H,3,7-8H2,1-2H3. The van der Waals surface area contributed by atoms with Crippen LogP contribution in [0.1, 0.15) is 13.8 Å². The molecule has 90 valence electrons. The van der Waals surface area contributed by atoms with Gasteiger partial charge in [-0.25, -0.2) is 8.78 Å². The Labute approximate surface area is 99.6 Å². The fraction of sp³-hybridized carbons (Fsp3) is 0.500. The summed E-state index contributed by atoms with van der Waals surface area (Å²) in [6.45, 7) is 6.03. The Bertz CT molecular complexity index is 331. The van der Waals surface area contributed by atoms with E-state index in [0.29, 0.717) is 10.8 Å². The molecule has 0 saturated heterocycles. The van der Waals surface area contributed by atoms with E-state index in [2.05, 4.69) is 19.2 Å². The zero-order valence-corrected chi connectivity index (χ0v) is 10.4. The first kappa shape index (κ1) is 13.5. The maximum atomic E-state index is 13.3. The number of halogens is 2. The third-order valence-corrected chi connectivity index (χ3v) is 3.54. The van der Waals surface area contributed by atoms with Crippen LogP contribution in [0.15, 0.2) is 23.1 Å². The number of rotatable bonds is 6. The minimum atomic E-state index is -0.525. The van der Waals surface area contributed by atoms with E-state index in [9.17, 15) is 8.78 Å². The maximum absolute atomic E-state index is 13.3. The van der Waals surface area contributed by atoms with Gasteiger partial charge in [-0.3, -0.25) is 0 Å². The summed E-state index contributed by atoms with van der Waals surface area (Å²) in [6, 6.07) is 3.72.